The Morgan fingerprint density at radius 2 is 1.00 bits per heavy atom. The lowest BCUT2D eigenvalue weighted by atomic mass is 9.78. The van der Waals surface area contributed by atoms with Crippen molar-refractivity contribution in [1.29, 1.82) is 0 Å². The summed E-state index contributed by atoms with van der Waals surface area (Å²) in [5, 5.41) is 3.41. The van der Waals surface area contributed by atoms with Gasteiger partial charge in [-0.15, -0.1) is 0 Å². The van der Waals surface area contributed by atoms with Crippen LogP contribution < -0.4 is 0 Å². The Labute approximate surface area is 237 Å². The first kappa shape index (κ1) is 22.4. The zero-order chi connectivity index (χ0) is 26.9. The van der Waals surface area contributed by atoms with Gasteiger partial charge in [-0.1, -0.05) is 109 Å². The molecule has 2 heteroatoms. The van der Waals surface area contributed by atoms with Crippen molar-refractivity contribution in [2.45, 2.75) is 0 Å². The molecule has 8 aromatic rings. The van der Waals surface area contributed by atoms with E-state index in [9.17, 15) is 0 Å². The maximum Gasteiger partial charge on any atom is 0.143 e. The van der Waals surface area contributed by atoms with Gasteiger partial charge in [0.2, 0.25) is 0 Å². The number of para-hydroxylation sites is 2. The molecule has 6 aromatic carbocycles. The fourth-order valence-electron chi connectivity index (χ4n) is 6.71. The van der Waals surface area contributed by atoms with Crippen molar-refractivity contribution in [2.24, 2.45) is 0 Å². The highest BCUT2D eigenvalue weighted by atomic mass is 16.3. The Kier molecular flexibility index (Phi) is 4.64. The van der Waals surface area contributed by atoms with Gasteiger partial charge in [-0.25, -0.2) is 0 Å². The van der Waals surface area contributed by atoms with Gasteiger partial charge in [0.15, 0.2) is 0 Å². The van der Waals surface area contributed by atoms with Gasteiger partial charge in [0.05, 0.1) is 5.52 Å². The normalized spacial score (nSPS) is 11.9. The van der Waals surface area contributed by atoms with Crippen LogP contribution in [0.25, 0.3) is 88.5 Å². The molecule has 9 rings (SSSR count). The summed E-state index contributed by atoms with van der Waals surface area (Å²) < 4.78 is 6.55. The molecule has 0 spiro atoms. The number of pyridine rings is 1. The molecule has 41 heavy (non-hydrogen) atoms. The summed E-state index contributed by atoms with van der Waals surface area (Å²) in [4.78, 5) is 4.72. The third-order valence-corrected chi connectivity index (χ3v) is 8.50. The number of benzene rings is 6. The van der Waals surface area contributed by atoms with E-state index in [0.29, 0.717) is 0 Å². The van der Waals surface area contributed by atoms with Gasteiger partial charge in [0, 0.05) is 27.9 Å². The third-order valence-electron chi connectivity index (χ3n) is 8.50. The molecule has 0 atom stereocenters. The molecule has 2 nitrogen and oxygen atoms in total. The van der Waals surface area contributed by atoms with Crippen LogP contribution >= 0.6 is 0 Å². The van der Waals surface area contributed by atoms with Crippen LogP contribution in [0.2, 0.25) is 0 Å². The minimum absolute atomic E-state index is 0.910. The maximum absolute atomic E-state index is 6.55. The van der Waals surface area contributed by atoms with Crippen LogP contribution in [0.5, 0.6) is 0 Å². The van der Waals surface area contributed by atoms with Gasteiger partial charge in [-0.05, 0) is 74.3 Å². The second kappa shape index (κ2) is 8.51. The number of nitrogens with zero attached hydrogens (tertiary/aromatic N) is 1. The van der Waals surface area contributed by atoms with Crippen molar-refractivity contribution < 1.29 is 4.42 Å². The SMILES string of the molecule is c1ccc2c(c1)-c1cc3ncccc3cc1-c1cccc(-c3cccc4c3oc3ccccc34)c1-c1ccccc1-2. The average molecular weight is 522 g/mol. The molecular weight excluding hydrogens is 498 g/mol. The van der Waals surface area contributed by atoms with E-state index in [1.807, 2.05) is 18.3 Å². The highest BCUT2D eigenvalue weighted by Gasteiger charge is 2.25. The summed E-state index contributed by atoms with van der Waals surface area (Å²) in [5.74, 6) is 0. The van der Waals surface area contributed by atoms with Gasteiger partial charge in [0.1, 0.15) is 11.2 Å². The van der Waals surface area contributed by atoms with Crippen molar-refractivity contribution in [1.82, 2.24) is 4.98 Å². The standard InChI is InChI=1S/C39H23NO/c1-2-13-27-25(11-1)26-12-3-4-15-29(26)38-30(33-19-8-18-32-28-14-5-6-20-37(28)41-39(32)33)16-7-17-31(38)34-22-24-10-9-21-40-36(24)23-35(27)34/h1-23H. The monoisotopic (exact) mass is 521 g/mol. The minimum Gasteiger partial charge on any atom is -0.455 e. The van der Waals surface area contributed by atoms with E-state index in [1.54, 1.807) is 0 Å². The smallest absolute Gasteiger partial charge is 0.143 e. The quantitative estimate of drug-likeness (QED) is 0.215. The molecule has 0 fully saturated rings. The lowest BCUT2D eigenvalue weighted by Gasteiger charge is -2.25. The number of aromatic nitrogens is 1. The van der Waals surface area contributed by atoms with E-state index in [1.165, 1.54) is 44.5 Å². The first-order valence-corrected chi connectivity index (χ1v) is 14.0. The van der Waals surface area contributed by atoms with Crippen molar-refractivity contribution in [3.8, 4) is 55.6 Å². The van der Waals surface area contributed by atoms with E-state index in [-0.39, 0.29) is 0 Å². The Bertz CT molecular complexity index is 2320. The summed E-state index contributed by atoms with van der Waals surface area (Å²) in [7, 11) is 0. The number of furan rings is 1. The second-order valence-electron chi connectivity index (χ2n) is 10.7. The summed E-state index contributed by atoms with van der Waals surface area (Å²) in [6.07, 6.45) is 1.87. The fourth-order valence-corrected chi connectivity index (χ4v) is 6.71. The molecule has 0 N–H and O–H groups in total. The highest BCUT2D eigenvalue weighted by Crippen LogP contribution is 2.52. The van der Waals surface area contributed by atoms with Crippen LogP contribution in [-0.2, 0) is 0 Å². The van der Waals surface area contributed by atoms with Gasteiger partial charge in [-0.2, -0.15) is 0 Å². The minimum atomic E-state index is 0.910. The molecule has 0 saturated carbocycles. The van der Waals surface area contributed by atoms with Crippen molar-refractivity contribution in [3.05, 3.63) is 140 Å². The third kappa shape index (κ3) is 3.22. The molecule has 0 saturated heterocycles. The summed E-state index contributed by atoms with van der Waals surface area (Å²) >= 11 is 0. The average Bonchev–Trinajstić information content (AvgIpc) is 3.42. The highest BCUT2D eigenvalue weighted by molar-refractivity contribution is 6.14. The lowest BCUT2D eigenvalue weighted by Crippen LogP contribution is -1.99. The van der Waals surface area contributed by atoms with Gasteiger partial charge in [-0.3, -0.25) is 4.98 Å². The summed E-state index contributed by atoms with van der Waals surface area (Å²) in [6, 6.07) is 47.8. The molecule has 1 aliphatic rings. The summed E-state index contributed by atoms with van der Waals surface area (Å²) in [6.45, 7) is 0. The first-order valence-electron chi connectivity index (χ1n) is 14.0. The van der Waals surface area contributed by atoms with Crippen LogP contribution in [-0.4, -0.2) is 4.98 Å². The summed E-state index contributed by atoms with van der Waals surface area (Å²) in [5.41, 5.74) is 14.8. The fraction of sp³-hybridized carbons (Fsp3) is 0. The Morgan fingerprint density at radius 1 is 0.415 bits per heavy atom. The van der Waals surface area contributed by atoms with Crippen LogP contribution in [0.1, 0.15) is 0 Å². The van der Waals surface area contributed by atoms with E-state index < -0.39 is 0 Å². The maximum atomic E-state index is 6.55. The molecule has 2 heterocycles. The molecule has 2 aromatic heterocycles. The first-order chi connectivity index (χ1) is 20.3. The van der Waals surface area contributed by atoms with Crippen molar-refractivity contribution in [3.63, 3.8) is 0 Å². The lowest BCUT2D eigenvalue weighted by molar-refractivity contribution is 0.670. The Morgan fingerprint density at radius 3 is 1.85 bits per heavy atom. The Hall–Kier alpha value is -5.47. The molecule has 0 radical (unpaired) electrons. The van der Waals surface area contributed by atoms with Crippen LogP contribution in [0.4, 0.5) is 0 Å². The zero-order valence-corrected chi connectivity index (χ0v) is 22.1. The Balaban J connectivity index is 1.46. The number of rotatable bonds is 1. The largest absolute Gasteiger partial charge is 0.455 e. The van der Waals surface area contributed by atoms with Gasteiger partial charge in [0.25, 0.3) is 0 Å². The number of hydrogen-bond donors (Lipinski definition) is 0. The zero-order valence-electron chi connectivity index (χ0n) is 22.1. The topological polar surface area (TPSA) is 26.0 Å². The number of hydrogen-bond acceptors (Lipinski definition) is 2. The van der Waals surface area contributed by atoms with Crippen molar-refractivity contribution >= 4 is 32.8 Å². The van der Waals surface area contributed by atoms with Crippen LogP contribution in [0.3, 0.4) is 0 Å². The van der Waals surface area contributed by atoms with E-state index in [0.717, 1.165) is 44.0 Å². The van der Waals surface area contributed by atoms with Crippen molar-refractivity contribution in [2.75, 3.05) is 0 Å². The molecule has 1 aliphatic carbocycles. The molecule has 190 valence electrons. The molecular formula is C39H23NO. The van der Waals surface area contributed by atoms with E-state index >= 15 is 0 Å². The molecule has 0 aliphatic heterocycles. The molecule has 0 unspecified atom stereocenters. The van der Waals surface area contributed by atoms with E-state index in [2.05, 4.69) is 121 Å². The predicted molar refractivity (Wildman–Crippen MR) is 170 cm³/mol. The number of fused-ring (bicyclic) bond motifs is 12. The predicted octanol–water partition coefficient (Wildman–Crippen LogP) is 10.8. The molecule has 0 amide bonds. The van der Waals surface area contributed by atoms with Crippen LogP contribution in [0.15, 0.2) is 144 Å². The van der Waals surface area contributed by atoms with Gasteiger partial charge >= 0.3 is 0 Å². The van der Waals surface area contributed by atoms with Crippen LogP contribution in [0, 0.1) is 0 Å². The van der Waals surface area contributed by atoms with E-state index in [4.69, 9.17) is 9.40 Å². The van der Waals surface area contributed by atoms with Gasteiger partial charge < -0.3 is 4.42 Å². The molecule has 0 bridgehead atoms. The second-order valence-corrected chi connectivity index (χ2v) is 10.7.